The van der Waals surface area contributed by atoms with Gasteiger partial charge in [0.25, 0.3) is 0 Å². The number of carbonyl (C=O) groups is 1. The molecule has 2 rings (SSSR count). The Morgan fingerprint density at radius 2 is 2.25 bits per heavy atom. The molecule has 0 aliphatic rings. The molecular weight excluding hydrogens is 232 g/mol. The third-order valence-electron chi connectivity index (χ3n) is 1.95. The molecule has 0 amide bonds. The van der Waals surface area contributed by atoms with Crippen molar-refractivity contribution >= 4 is 17.6 Å². The van der Waals surface area contributed by atoms with Crippen LogP contribution >= 0.6 is 11.6 Å². The molecule has 0 radical (unpaired) electrons. The first-order valence-electron chi connectivity index (χ1n) is 4.37. The van der Waals surface area contributed by atoms with E-state index in [2.05, 4.69) is 15.1 Å². The number of hydrogen-bond acceptors (Lipinski definition) is 4. The second kappa shape index (κ2) is 3.90. The maximum atomic E-state index is 10.8. The fraction of sp³-hybridized carbons (Fsp3) is 0.111. The normalized spacial score (nSPS) is 10.4. The number of rotatable bonds is 2. The zero-order valence-corrected chi connectivity index (χ0v) is 9.01. The molecule has 82 valence electrons. The lowest BCUT2D eigenvalue weighted by Crippen LogP contribution is -2.08. The fourth-order valence-electron chi connectivity index (χ4n) is 1.23. The van der Waals surface area contributed by atoms with Crippen LogP contribution in [0.1, 0.15) is 16.2 Å². The van der Waals surface area contributed by atoms with Crippen molar-refractivity contribution in [3.05, 3.63) is 35.0 Å². The zero-order chi connectivity index (χ0) is 11.7. The Labute approximate surface area is 95.5 Å². The van der Waals surface area contributed by atoms with Crippen LogP contribution in [-0.2, 0) is 0 Å². The van der Waals surface area contributed by atoms with E-state index in [0.717, 1.165) is 5.69 Å². The monoisotopic (exact) mass is 238 g/mol. The Bertz CT molecular complexity index is 552. The summed E-state index contributed by atoms with van der Waals surface area (Å²) >= 11 is 5.64. The maximum absolute atomic E-state index is 10.8. The average Bonchev–Trinajstić information content (AvgIpc) is 2.63. The topological polar surface area (TPSA) is 80.9 Å². The van der Waals surface area contributed by atoms with Crippen LogP contribution < -0.4 is 0 Å². The third kappa shape index (κ3) is 1.87. The molecule has 0 aliphatic heterocycles. The number of carboxylic acid groups (broad SMARTS) is 1. The summed E-state index contributed by atoms with van der Waals surface area (Å²) < 4.78 is 1.49. The Morgan fingerprint density at radius 1 is 1.50 bits per heavy atom. The summed E-state index contributed by atoms with van der Waals surface area (Å²) in [6.45, 7) is 1.82. The van der Waals surface area contributed by atoms with Gasteiger partial charge in [0.15, 0.2) is 11.5 Å². The first kappa shape index (κ1) is 10.6. The average molecular weight is 239 g/mol. The molecule has 1 N–H and O–H groups in total. The molecule has 0 aliphatic carbocycles. The Balaban J connectivity index is 2.58. The van der Waals surface area contributed by atoms with Gasteiger partial charge in [0.1, 0.15) is 0 Å². The number of carboxylic acids is 1. The molecule has 0 saturated carbocycles. The molecule has 0 bridgehead atoms. The number of aryl methyl sites for hydroxylation is 1. The van der Waals surface area contributed by atoms with E-state index in [1.54, 1.807) is 12.3 Å². The van der Waals surface area contributed by atoms with E-state index in [9.17, 15) is 4.79 Å². The molecule has 0 saturated heterocycles. The van der Waals surface area contributed by atoms with E-state index >= 15 is 0 Å². The Morgan fingerprint density at radius 3 is 2.81 bits per heavy atom. The predicted octanol–water partition coefficient (Wildman–Crippen LogP) is 1.32. The molecular formula is C9H7ClN4O2. The minimum atomic E-state index is -1.16. The third-order valence-corrected chi connectivity index (χ3v) is 2.12. The largest absolute Gasteiger partial charge is 0.477 e. The highest BCUT2D eigenvalue weighted by Gasteiger charge is 2.11. The number of nitrogens with zero attached hydrogens (tertiary/aromatic N) is 4. The first-order chi connectivity index (χ1) is 7.58. The van der Waals surface area contributed by atoms with Crippen molar-refractivity contribution in [2.75, 3.05) is 0 Å². The lowest BCUT2D eigenvalue weighted by atomic mass is 10.4. The zero-order valence-electron chi connectivity index (χ0n) is 8.25. The summed E-state index contributed by atoms with van der Waals surface area (Å²) in [6.07, 6.45) is 1.59. The smallest absolute Gasteiger partial charge is 0.354 e. The summed E-state index contributed by atoms with van der Waals surface area (Å²) in [5.41, 5.74) is 0.663. The van der Waals surface area contributed by atoms with E-state index in [1.807, 2.05) is 6.92 Å². The quantitative estimate of drug-likeness (QED) is 0.798. The highest BCUT2D eigenvalue weighted by molar-refractivity contribution is 6.28. The molecule has 7 heteroatoms. The molecule has 2 aromatic heterocycles. The molecule has 0 unspecified atom stereocenters. The molecule has 0 fully saturated rings. The van der Waals surface area contributed by atoms with Gasteiger partial charge < -0.3 is 5.11 Å². The first-order valence-corrected chi connectivity index (χ1v) is 4.74. The van der Waals surface area contributed by atoms with Crippen LogP contribution in [0.15, 0.2) is 18.3 Å². The number of aromatic carboxylic acids is 1. The molecule has 0 aromatic carbocycles. The van der Waals surface area contributed by atoms with Crippen molar-refractivity contribution in [1.29, 1.82) is 0 Å². The van der Waals surface area contributed by atoms with Crippen LogP contribution in [0.5, 0.6) is 0 Å². The van der Waals surface area contributed by atoms with Crippen LogP contribution in [0.4, 0.5) is 0 Å². The minimum Gasteiger partial charge on any atom is -0.477 e. The summed E-state index contributed by atoms with van der Waals surface area (Å²) in [5.74, 6) is -0.824. The highest BCUT2D eigenvalue weighted by Crippen LogP contribution is 2.11. The molecule has 2 heterocycles. The van der Waals surface area contributed by atoms with Crippen molar-refractivity contribution < 1.29 is 9.90 Å². The van der Waals surface area contributed by atoms with Crippen LogP contribution in [-0.4, -0.2) is 30.8 Å². The van der Waals surface area contributed by atoms with Crippen molar-refractivity contribution in [3.8, 4) is 5.82 Å². The molecule has 2 aromatic rings. The second-order valence-electron chi connectivity index (χ2n) is 3.07. The Hall–Kier alpha value is -1.95. The van der Waals surface area contributed by atoms with Gasteiger partial charge in [-0.2, -0.15) is 10.1 Å². The molecule has 0 spiro atoms. The Kier molecular flexibility index (Phi) is 2.57. The lowest BCUT2D eigenvalue weighted by Gasteiger charge is -2.04. The summed E-state index contributed by atoms with van der Waals surface area (Å²) in [4.78, 5) is 18.3. The van der Waals surface area contributed by atoms with Gasteiger partial charge in [-0.05, 0) is 24.6 Å². The van der Waals surface area contributed by atoms with Crippen molar-refractivity contribution in [3.63, 3.8) is 0 Å². The maximum Gasteiger partial charge on any atom is 0.354 e. The van der Waals surface area contributed by atoms with E-state index in [-0.39, 0.29) is 11.0 Å². The van der Waals surface area contributed by atoms with E-state index in [0.29, 0.717) is 5.82 Å². The van der Waals surface area contributed by atoms with Crippen LogP contribution in [0.2, 0.25) is 5.28 Å². The lowest BCUT2D eigenvalue weighted by molar-refractivity contribution is 0.0690. The standard InChI is InChI=1S/C9H7ClN4O2/c1-5-2-3-11-14(5)7-4-6(8(15)16)12-9(10)13-7/h2-4H,1H3,(H,15,16). The molecule has 0 atom stereocenters. The van der Waals surface area contributed by atoms with Gasteiger partial charge >= 0.3 is 5.97 Å². The van der Waals surface area contributed by atoms with E-state index in [4.69, 9.17) is 16.7 Å². The number of aromatic nitrogens is 4. The number of halogens is 1. The summed E-state index contributed by atoms with van der Waals surface area (Å²) in [7, 11) is 0. The van der Waals surface area contributed by atoms with Crippen LogP contribution in [0.3, 0.4) is 0 Å². The summed E-state index contributed by atoms with van der Waals surface area (Å²) in [6, 6.07) is 3.09. The second-order valence-corrected chi connectivity index (χ2v) is 3.41. The molecule has 6 nitrogen and oxygen atoms in total. The van der Waals surface area contributed by atoms with Gasteiger partial charge in [-0.3, -0.25) is 0 Å². The number of hydrogen-bond donors (Lipinski definition) is 1. The van der Waals surface area contributed by atoms with Gasteiger partial charge in [0.05, 0.1) is 0 Å². The van der Waals surface area contributed by atoms with Crippen LogP contribution in [0.25, 0.3) is 5.82 Å². The van der Waals surface area contributed by atoms with Gasteiger partial charge in [-0.15, -0.1) is 0 Å². The summed E-state index contributed by atoms with van der Waals surface area (Å²) in [5, 5.41) is 12.7. The predicted molar refractivity (Wildman–Crippen MR) is 55.9 cm³/mol. The van der Waals surface area contributed by atoms with Crippen molar-refractivity contribution in [2.45, 2.75) is 6.92 Å². The SMILES string of the molecule is Cc1ccnn1-c1cc(C(=O)O)nc(Cl)n1. The highest BCUT2D eigenvalue weighted by atomic mass is 35.5. The van der Waals surface area contributed by atoms with Gasteiger partial charge in [0, 0.05) is 18.0 Å². The fourth-order valence-corrected chi connectivity index (χ4v) is 1.41. The van der Waals surface area contributed by atoms with Crippen molar-refractivity contribution in [2.24, 2.45) is 0 Å². The van der Waals surface area contributed by atoms with E-state index < -0.39 is 5.97 Å². The van der Waals surface area contributed by atoms with Gasteiger partial charge in [-0.25, -0.2) is 14.5 Å². The van der Waals surface area contributed by atoms with Crippen LogP contribution in [0, 0.1) is 6.92 Å². The molecule has 16 heavy (non-hydrogen) atoms. The van der Waals surface area contributed by atoms with Gasteiger partial charge in [0.2, 0.25) is 5.28 Å². The van der Waals surface area contributed by atoms with Crippen molar-refractivity contribution in [1.82, 2.24) is 19.7 Å². The minimum absolute atomic E-state index is 0.121. The van der Waals surface area contributed by atoms with E-state index in [1.165, 1.54) is 10.7 Å². The van der Waals surface area contributed by atoms with Gasteiger partial charge in [-0.1, -0.05) is 0 Å².